The number of piperidine rings is 1. The zero-order valence-electron chi connectivity index (χ0n) is 17.7. The molecule has 0 amide bonds. The maximum atomic E-state index is 12.6. The Morgan fingerprint density at radius 1 is 1.13 bits per heavy atom. The lowest BCUT2D eigenvalue weighted by molar-refractivity contribution is 0.0853. The van der Waals surface area contributed by atoms with Gasteiger partial charge in [-0.05, 0) is 69.0 Å². The van der Waals surface area contributed by atoms with Crippen LogP contribution in [0.15, 0.2) is 47.4 Å². The standard InChI is InChI=1S/C24H28N2O3S/c1-15-7-9-18(10-8-15)30(27,28)29-14-17-11-21-19-5-4-6-22-24(19)20(16(2)25-22)12-23(21)26(3)13-17/h4-10,17,21,23,25H,11-14H2,1-3H3/t17?,21-,23-/m1/s1. The van der Waals surface area contributed by atoms with Gasteiger partial charge in [0, 0.05) is 35.1 Å². The fourth-order valence-corrected chi connectivity index (χ4v) is 6.38. The van der Waals surface area contributed by atoms with Crippen LogP contribution in [0.2, 0.25) is 0 Å². The number of fused-ring (bicyclic) bond motifs is 2. The van der Waals surface area contributed by atoms with Gasteiger partial charge in [-0.25, -0.2) is 0 Å². The molecule has 2 aliphatic rings. The molecule has 0 bridgehead atoms. The summed E-state index contributed by atoms with van der Waals surface area (Å²) in [6, 6.07) is 13.8. The van der Waals surface area contributed by atoms with Gasteiger partial charge < -0.3 is 9.88 Å². The highest BCUT2D eigenvalue weighted by Gasteiger charge is 2.40. The van der Waals surface area contributed by atoms with E-state index in [1.165, 1.54) is 27.7 Å². The predicted octanol–water partition coefficient (Wildman–Crippen LogP) is 4.15. The Morgan fingerprint density at radius 2 is 1.90 bits per heavy atom. The van der Waals surface area contributed by atoms with Crippen LogP contribution in [0.25, 0.3) is 10.9 Å². The molecule has 0 radical (unpaired) electrons. The number of aryl methyl sites for hydroxylation is 2. The summed E-state index contributed by atoms with van der Waals surface area (Å²) in [5.41, 5.74) is 6.33. The van der Waals surface area contributed by atoms with E-state index < -0.39 is 10.1 Å². The molecular formula is C24H28N2O3S. The second kappa shape index (κ2) is 7.22. The molecule has 5 nitrogen and oxygen atoms in total. The van der Waals surface area contributed by atoms with Gasteiger partial charge in [-0.2, -0.15) is 8.42 Å². The number of hydrogen-bond acceptors (Lipinski definition) is 4. The van der Waals surface area contributed by atoms with E-state index in [0.29, 0.717) is 12.0 Å². The molecule has 158 valence electrons. The molecule has 1 fully saturated rings. The van der Waals surface area contributed by atoms with Crippen LogP contribution >= 0.6 is 0 Å². The molecule has 30 heavy (non-hydrogen) atoms. The first-order valence-electron chi connectivity index (χ1n) is 10.6. The van der Waals surface area contributed by atoms with E-state index in [1.54, 1.807) is 24.3 Å². The van der Waals surface area contributed by atoms with E-state index in [1.807, 2.05) is 6.92 Å². The SMILES string of the molecule is Cc1ccc(S(=O)(=O)OCC2C[C@@H]3c4cccc5[nH]c(C)c(c45)C[C@H]3N(C)C2)cc1. The number of benzene rings is 2. The Morgan fingerprint density at radius 3 is 2.67 bits per heavy atom. The normalized spacial score (nSPS) is 24.2. The van der Waals surface area contributed by atoms with Crippen molar-refractivity contribution in [2.45, 2.75) is 43.5 Å². The van der Waals surface area contributed by atoms with Crippen LogP contribution in [0.1, 0.15) is 34.7 Å². The van der Waals surface area contributed by atoms with Gasteiger partial charge >= 0.3 is 0 Å². The average Bonchev–Trinajstić information content (AvgIpc) is 3.04. The van der Waals surface area contributed by atoms with E-state index in [9.17, 15) is 8.42 Å². The number of aromatic nitrogens is 1. The van der Waals surface area contributed by atoms with Crippen molar-refractivity contribution in [3.63, 3.8) is 0 Å². The molecule has 1 aromatic heterocycles. The Balaban J connectivity index is 1.38. The lowest BCUT2D eigenvalue weighted by Crippen LogP contribution is -2.48. The van der Waals surface area contributed by atoms with Crippen LogP contribution in [-0.4, -0.2) is 44.5 Å². The number of H-pyrrole nitrogens is 1. The van der Waals surface area contributed by atoms with E-state index in [0.717, 1.165) is 24.9 Å². The number of rotatable bonds is 4. The first-order valence-corrected chi connectivity index (χ1v) is 12.0. The Bertz CT molecular complexity index is 1200. The van der Waals surface area contributed by atoms with Crippen LogP contribution in [0.4, 0.5) is 0 Å². The summed E-state index contributed by atoms with van der Waals surface area (Å²) < 4.78 is 30.8. The topological polar surface area (TPSA) is 62.4 Å². The van der Waals surface area contributed by atoms with Crippen molar-refractivity contribution >= 4 is 21.0 Å². The summed E-state index contributed by atoms with van der Waals surface area (Å²) >= 11 is 0. The van der Waals surface area contributed by atoms with Gasteiger partial charge in [0.1, 0.15) is 0 Å². The fourth-order valence-electron chi connectivity index (χ4n) is 5.40. The van der Waals surface area contributed by atoms with Gasteiger partial charge in [-0.3, -0.25) is 4.18 Å². The third-order valence-corrected chi connectivity index (χ3v) is 8.21. The monoisotopic (exact) mass is 424 g/mol. The van der Waals surface area contributed by atoms with Crippen molar-refractivity contribution in [1.82, 2.24) is 9.88 Å². The fraction of sp³-hybridized carbons (Fsp3) is 0.417. The number of likely N-dealkylation sites (tertiary alicyclic amines) is 1. The Hall–Kier alpha value is -2.15. The predicted molar refractivity (Wildman–Crippen MR) is 118 cm³/mol. The van der Waals surface area contributed by atoms with Crippen LogP contribution < -0.4 is 0 Å². The van der Waals surface area contributed by atoms with Gasteiger partial charge in [0.2, 0.25) is 0 Å². The molecule has 0 spiro atoms. The van der Waals surface area contributed by atoms with E-state index in [-0.39, 0.29) is 17.4 Å². The molecule has 3 atom stereocenters. The first kappa shape index (κ1) is 19.8. The van der Waals surface area contributed by atoms with Crippen molar-refractivity contribution in [2.75, 3.05) is 20.2 Å². The van der Waals surface area contributed by atoms with E-state index in [2.05, 4.69) is 42.1 Å². The van der Waals surface area contributed by atoms with Gasteiger partial charge in [0.15, 0.2) is 0 Å². The maximum Gasteiger partial charge on any atom is 0.296 e. The number of nitrogens with zero attached hydrogens (tertiary/aromatic N) is 1. The smallest absolute Gasteiger partial charge is 0.296 e. The second-order valence-electron chi connectivity index (χ2n) is 8.97. The molecule has 5 rings (SSSR count). The maximum absolute atomic E-state index is 12.6. The van der Waals surface area contributed by atoms with Gasteiger partial charge in [-0.15, -0.1) is 0 Å². The van der Waals surface area contributed by atoms with Crippen LogP contribution in [0.5, 0.6) is 0 Å². The third kappa shape index (κ3) is 3.27. The van der Waals surface area contributed by atoms with Gasteiger partial charge in [-0.1, -0.05) is 29.8 Å². The van der Waals surface area contributed by atoms with Crippen LogP contribution in [0, 0.1) is 19.8 Å². The third-order valence-electron chi connectivity index (χ3n) is 6.92. The molecule has 3 aromatic rings. The summed E-state index contributed by atoms with van der Waals surface area (Å²) in [5.74, 6) is 0.569. The summed E-state index contributed by atoms with van der Waals surface area (Å²) in [7, 11) is -1.57. The van der Waals surface area contributed by atoms with Crippen molar-refractivity contribution in [3.05, 3.63) is 64.8 Å². The zero-order valence-corrected chi connectivity index (χ0v) is 18.5. The summed E-state index contributed by atoms with van der Waals surface area (Å²) in [6.45, 7) is 5.17. The molecule has 1 aliphatic heterocycles. The van der Waals surface area contributed by atoms with Crippen LogP contribution in [0.3, 0.4) is 0 Å². The first-order chi connectivity index (χ1) is 14.3. The molecular weight excluding hydrogens is 396 g/mol. The number of aromatic amines is 1. The minimum atomic E-state index is -3.73. The minimum absolute atomic E-state index is 0.174. The molecule has 1 unspecified atom stereocenters. The highest BCUT2D eigenvalue weighted by molar-refractivity contribution is 7.86. The number of nitrogens with one attached hydrogen (secondary N) is 1. The molecule has 2 aromatic carbocycles. The van der Waals surface area contributed by atoms with Crippen LogP contribution in [-0.2, 0) is 20.7 Å². The Kier molecular flexibility index (Phi) is 4.76. The summed E-state index contributed by atoms with van der Waals surface area (Å²) in [4.78, 5) is 6.16. The highest BCUT2D eigenvalue weighted by atomic mass is 32.2. The van der Waals surface area contributed by atoms with E-state index >= 15 is 0 Å². The second-order valence-corrected chi connectivity index (χ2v) is 10.6. The Labute approximate surface area is 178 Å². The molecule has 1 N–H and O–H groups in total. The van der Waals surface area contributed by atoms with Crippen molar-refractivity contribution in [1.29, 1.82) is 0 Å². The molecule has 6 heteroatoms. The zero-order chi connectivity index (χ0) is 21.0. The lowest BCUT2D eigenvalue weighted by atomic mass is 9.72. The summed E-state index contributed by atoms with van der Waals surface area (Å²) in [6.07, 6.45) is 1.99. The number of hydrogen-bond donors (Lipinski definition) is 1. The molecule has 0 saturated carbocycles. The molecule has 2 heterocycles. The quantitative estimate of drug-likeness (QED) is 0.639. The molecule has 1 saturated heterocycles. The largest absolute Gasteiger partial charge is 0.358 e. The lowest BCUT2D eigenvalue weighted by Gasteiger charge is -2.45. The van der Waals surface area contributed by atoms with Gasteiger partial charge in [0.05, 0.1) is 11.5 Å². The number of likely N-dealkylation sites (N-methyl/N-ethyl adjacent to an activating group) is 1. The van der Waals surface area contributed by atoms with E-state index in [4.69, 9.17) is 4.18 Å². The minimum Gasteiger partial charge on any atom is -0.358 e. The average molecular weight is 425 g/mol. The molecule has 1 aliphatic carbocycles. The van der Waals surface area contributed by atoms with Crippen molar-refractivity contribution in [3.8, 4) is 0 Å². The van der Waals surface area contributed by atoms with Gasteiger partial charge in [0.25, 0.3) is 10.1 Å². The summed E-state index contributed by atoms with van der Waals surface area (Å²) in [5, 5.41) is 1.37. The van der Waals surface area contributed by atoms with Crippen molar-refractivity contribution < 1.29 is 12.6 Å². The van der Waals surface area contributed by atoms with Crippen molar-refractivity contribution in [2.24, 2.45) is 5.92 Å². The highest BCUT2D eigenvalue weighted by Crippen LogP contribution is 2.45.